The van der Waals surface area contributed by atoms with Crippen LogP contribution in [0.4, 0.5) is 11.8 Å². The lowest BCUT2D eigenvalue weighted by Crippen LogP contribution is -2.48. The molecule has 9 heteroatoms. The van der Waals surface area contributed by atoms with E-state index in [1.54, 1.807) is 4.68 Å². The van der Waals surface area contributed by atoms with Crippen molar-refractivity contribution in [2.75, 3.05) is 31.5 Å². The predicted molar refractivity (Wildman–Crippen MR) is 130 cm³/mol. The van der Waals surface area contributed by atoms with Crippen LogP contribution in [0, 0.1) is 5.92 Å². The van der Waals surface area contributed by atoms with Crippen LogP contribution in [0.15, 0.2) is 48.8 Å². The first kappa shape index (κ1) is 20.9. The SMILES string of the molecule is Cn1ccc(-c2ccc3nc(Nc4cc(CN5CCN(C(=O)C6CC6)CC5)ccn4)[nH]c3c2)n1. The Bertz CT molecular complexity index is 1330. The molecule has 0 unspecified atom stereocenters. The number of nitrogens with one attached hydrogen (secondary N) is 2. The number of amides is 1. The van der Waals surface area contributed by atoms with Crippen molar-refractivity contribution in [1.82, 2.24) is 34.5 Å². The average Bonchev–Trinajstić information content (AvgIpc) is 3.48. The summed E-state index contributed by atoms with van der Waals surface area (Å²) in [7, 11) is 1.91. The molecule has 3 aromatic heterocycles. The van der Waals surface area contributed by atoms with Crippen LogP contribution in [0.2, 0.25) is 0 Å². The van der Waals surface area contributed by atoms with Crippen molar-refractivity contribution < 1.29 is 4.79 Å². The zero-order chi connectivity index (χ0) is 23.1. The molecular formula is C25H28N8O. The summed E-state index contributed by atoms with van der Waals surface area (Å²) in [6.45, 7) is 4.31. The first-order chi connectivity index (χ1) is 16.6. The molecule has 1 aliphatic heterocycles. The fourth-order valence-electron chi connectivity index (χ4n) is 4.53. The number of aromatic nitrogens is 5. The second-order valence-electron chi connectivity index (χ2n) is 9.24. The number of piperazine rings is 1. The second kappa shape index (κ2) is 8.57. The van der Waals surface area contributed by atoms with Crippen LogP contribution >= 0.6 is 0 Å². The van der Waals surface area contributed by atoms with Gasteiger partial charge in [0.15, 0.2) is 0 Å². The number of H-pyrrole nitrogens is 1. The summed E-state index contributed by atoms with van der Waals surface area (Å²) < 4.78 is 1.80. The van der Waals surface area contributed by atoms with Gasteiger partial charge in [-0.2, -0.15) is 5.10 Å². The Kier molecular flexibility index (Phi) is 5.26. The summed E-state index contributed by atoms with van der Waals surface area (Å²) in [5.41, 5.74) is 4.99. The molecule has 4 aromatic rings. The fourth-order valence-corrected chi connectivity index (χ4v) is 4.53. The third-order valence-electron chi connectivity index (χ3n) is 6.58. The largest absolute Gasteiger partial charge is 0.340 e. The molecule has 1 saturated heterocycles. The monoisotopic (exact) mass is 456 g/mol. The van der Waals surface area contributed by atoms with Gasteiger partial charge in [0, 0.05) is 63.6 Å². The highest BCUT2D eigenvalue weighted by atomic mass is 16.2. The highest BCUT2D eigenvalue weighted by molar-refractivity contribution is 5.83. The maximum Gasteiger partial charge on any atom is 0.225 e. The number of rotatable bonds is 6. The first-order valence-electron chi connectivity index (χ1n) is 11.8. The predicted octanol–water partition coefficient (Wildman–Crippen LogP) is 3.16. The summed E-state index contributed by atoms with van der Waals surface area (Å²) in [4.78, 5) is 29.2. The zero-order valence-corrected chi connectivity index (χ0v) is 19.2. The lowest BCUT2D eigenvalue weighted by Gasteiger charge is -2.34. The Hall–Kier alpha value is -3.72. The van der Waals surface area contributed by atoms with Crippen molar-refractivity contribution >= 4 is 28.7 Å². The topological polar surface area (TPSA) is 95.0 Å². The minimum Gasteiger partial charge on any atom is -0.340 e. The smallest absolute Gasteiger partial charge is 0.225 e. The van der Waals surface area contributed by atoms with E-state index in [1.165, 1.54) is 5.56 Å². The number of imidazole rings is 1. The van der Waals surface area contributed by atoms with E-state index in [0.29, 0.717) is 17.8 Å². The van der Waals surface area contributed by atoms with Crippen molar-refractivity contribution in [3.63, 3.8) is 0 Å². The lowest BCUT2D eigenvalue weighted by atomic mass is 10.1. The summed E-state index contributed by atoms with van der Waals surface area (Å²) in [5.74, 6) is 2.07. The highest BCUT2D eigenvalue weighted by Gasteiger charge is 2.34. The van der Waals surface area contributed by atoms with E-state index < -0.39 is 0 Å². The summed E-state index contributed by atoms with van der Waals surface area (Å²) in [6.07, 6.45) is 5.91. The highest BCUT2D eigenvalue weighted by Crippen LogP contribution is 2.31. The van der Waals surface area contributed by atoms with Crippen molar-refractivity contribution in [2.24, 2.45) is 13.0 Å². The van der Waals surface area contributed by atoms with E-state index in [4.69, 9.17) is 0 Å². The van der Waals surface area contributed by atoms with E-state index in [9.17, 15) is 4.79 Å². The van der Waals surface area contributed by atoms with Crippen LogP contribution in [0.25, 0.3) is 22.3 Å². The Morgan fingerprint density at radius 2 is 1.97 bits per heavy atom. The van der Waals surface area contributed by atoms with Gasteiger partial charge in [0.1, 0.15) is 5.82 Å². The number of aromatic amines is 1. The van der Waals surface area contributed by atoms with Gasteiger partial charge in [-0.15, -0.1) is 0 Å². The number of aryl methyl sites for hydroxylation is 1. The molecule has 1 aromatic carbocycles. The molecule has 174 valence electrons. The Labute approximate surface area is 197 Å². The fraction of sp³-hybridized carbons (Fsp3) is 0.360. The van der Waals surface area contributed by atoms with Gasteiger partial charge in [-0.3, -0.25) is 14.4 Å². The van der Waals surface area contributed by atoms with E-state index in [0.717, 1.165) is 73.7 Å². The quantitative estimate of drug-likeness (QED) is 0.463. The Morgan fingerprint density at radius 3 is 2.74 bits per heavy atom. The van der Waals surface area contributed by atoms with Gasteiger partial charge in [0.25, 0.3) is 0 Å². The number of pyridine rings is 1. The normalized spacial score (nSPS) is 16.8. The Morgan fingerprint density at radius 1 is 1.12 bits per heavy atom. The third-order valence-corrected chi connectivity index (χ3v) is 6.58. The van der Waals surface area contributed by atoms with E-state index in [1.807, 2.05) is 48.6 Å². The van der Waals surface area contributed by atoms with E-state index in [-0.39, 0.29) is 0 Å². The maximum atomic E-state index is 12.3. The average molecular weight is 457 g/mol. The van der Waals surface area contributed by atoms with Crippen LogP contribution < -0.4 is 5.32 Å². The number of hydrogen-bond acceptors (Lipinski definition) is 6. The molecule has 4 heterocycles. The standard InChI is InChI=1S/C25H28N8O/c1-31-9-7-20(30-31)19-4-5-21-22(15-19)28-25(27-21)29-23-14-17(6-8-26-23)16-32-10-12-33(13-11-32)24(34)18-2-3-18/h4-9,14-15,18H,2-3,10-13,16H2,1H3,(H2,26,27,28,29). The zero-order valence-electron chi connectivity index (χ0n) is 19.2. The van der Waals surface area contributed by atoms with Crippen molar-refractivity contribution in [3.8, 4) is 11.3 Å². The molecule has 0 atom stereocenters. The Balaban J connectivity index is 1.11. The van der Waals surface area contributed by atoms with Crippen LogP contribution in [-0.4, -0.2) is 66.6 Å². The number of hydrogen-bond donors (Lipinski definition) is 2. The van der Waals surface area contributed by atoms with E-state index in [2.05, 4.69) is 42.4 Å². The molecule has 9 nitrogen and oxygen atoms in total. The van der Waals surface area contributed by atoms with Crippen molar-refractivity contribution in [2.45, 2.75) is 19.4 Å². The molecular weight excluding hydrogens is 428 g/mol. The second-order valence-corrected chi connectivity index (χ2v) is 9.24. The minimum atomic E-state index is 0.306. The number of carbonyl (C=O) groups is 1. The molecule has 1 amide bonds. The first-order valence-corrected chi connectivity index (χ1v) is 11.8. The number of fused-ring (bicyclic) bond motifs is 1. The lowest BCUT2D eigenvalue weighted by molar-refractivity contribution is -0.134. The summed E-state index contributed by atoms with van der Waals surface area (Å²) in [6, 6.07) is 12.2. The molecule has 2 fully saturated rings. The molecule has 2 aliphatic rings. The maximum absolute atomic E-state index is 12.3. The van der Waals surface area contributed by atoms with Crippen LogP contribution in [0.5, 0.6) is 0 Å². The summed E-state index contributed by atoms with van der Waals surface area (Å²) >= 11 is 0. The van der Waals surface area contributed by atoms with Gasteiger partial charge in [-0.05, 0) is 48.7 Å². The minimum absolute atomic E-state index is 0.306. The van der Waals surface area contributed by atoms with Gasteiger partial charge < -0.3 is 15.2 Å². The molecule has 1 aliphatic carbocycles. The van der Waals surface area contributed by atoms with Gasteiger partial charge in [0.2, 0.25) is 11.9 Å². The molecule has 0 spiro atoms. The van der Waals surface area contributed by atoms with Crippen LogP contribution in [-0.2, 0) is 18.4 Å². The number of benzene rings is 1. The van der Waals surface area contributed by atoms with Crippen LogP contribution in [0.3, 0.4) is 0 Å². The van der Waals surface area contributed by atoms with Crippen molar-refractivity contribution in [3.05, 3.63) is 54.4 Å². The number of nitrogens with zero attached hydrogens (tertiary/aromatic N) is 6. The van der Waals surface area contributed by atoms with Crippen LogP contribution in [0.1, 0.15) is 18.4 Å². The molecule has 0 radical (unpaired) electrons. The van der Waals surface area contributed by atoms with Gasteiger partial charge in [-0.1, -0.05) is 6.07 Å². The van der Waals surface area contributed by atoms with Gasteiger partial charge in [-0.25, -0.2) is 9.97 Å². The van der Waals surface area contributed by atoms with Gasteiger partial charge >= 0.3 is 0 Å². The molecule has 1 saturated carbocycles. The van der Waals surface area contributed by atoms with Gasteiger partial charge in [0.05, 0.1) is 16.7 Å². The van der Waals surface area contributed by atoms with Crippen molar-refractivity contribution in [1.29, 1.82) is 0 Å². The molecule has 34 heavy (non-hydrogen) atoms. The summed E-state index contributed by atoms with van der Waals surface area (Å²) in [5, 5.41) is 7.78. The molecule has 6 rings (SSSR count). The molecule has 0 bridgehead atoms. The molecule has 2 N–H and O–H groups in total. The number of anilines is 2. The van der Waals surface area contributed by atoms with E-state index >= 15 is 0 Å². The third kappa shape index (κ3) is 4.38. The number of carbonyl (C=O) groups excluding carboxylic acids is 1.